The standard InChI is InChI=1S/C30H37FN8O2/c1-18(40)25-13-20-14-32-30(36-28(20)29(34-25)39-22-5-6-23(39)8-7-22)35-26-9-4-19-15-38(12-10-24(19)33-26)27(41)17-37-11-2-3-21(31)16-37/h4,9,13-14,18,21-23,40H,2-3,5-8,10-12,15-17H2,1H3,(H,32,33,35,36)/t18-,21?,22?,23?/m1/s1. The summed E-state index contributed by atoms with van der Waals surface area (Å²) < 4.78 is 13.8. The van der Waals surface area contributed by atoms with Crippen LogP contribution < -0.4 is 10.2 Å². The van der Waals surface area contributed by atoms with Crippen molar-refractivity contribution in [1.29, 1.82) is 0 Å². The molecule has 7 rings (SSSR count). The number of anilines is 3. The Morgan fingerprint density at radius 1 is 1.12 bits per heavy atom. The van der Waals surface area contributed by atoms with Crippen molar-refractivity contribution in [3.05, 3.63) is 41.3 Å². The first-order chi connectivity index (χ1) is 19.9. The van der Waals surface area contributed by atoms with E-state index in [1.54, 1.807) is 13.1 Å². The summed E-state index contributed by atoms with van der Waals surface area (Å²) in [6, 6.07) is 6.72. The predicted molar refractivity (Wildman–Crippen MR) is 154 cm³/mol. The van der Waals surface area contributed by atoms with E-state index in [9.17, 15) is 14.3 Å². The average molecular weight is 561 g/mol. The molecule has 3 saturated heterocycles. The van der Waals surface area contributed by atoms with Gasteiger partial charge in [-0.25, -0.2) is 24.3 Å². The zero-order chi connectivity index (χ0) is 28.1. The molecule has 0 spiro atoms. The first-order valence-electron chi connectivity index (χ1n) is 15.0. The van der Waals surface area contributed by atoms with Crippen LogP contribution in [0.5, 0.6) is 0 Å². The van der Waals surface area contributed by atoms with Crippen LogP contribution in [0.1, 0.15) is 68.5 Å². The van der Waals surface area contributed by atoms with E-state index in [1.165, 1.54) is 25.7 Å². The van der Waals surface area contributed by atoms with Crippen molar-refractivity contribution in [2.45, 2.75) is 82.8 Å². The summed E-state index contributed by atoms with van der Waals surface area (Å²) in [6.45, 7) is 4.25. The number of pyridine rings is 2. The van der Waals surface area contributed by atoms with E-state index in [0.29, 0.717) is 62.0 Å². The van der Waals surface area contributed by atoms with Crippen LogP contribution in [0.25, 0.3) is 10.9 Å². The highest BCUT2D eigenvalue weighted by Gasteiger charge is 2.41. The minimum absolute atomic E-state index is 0.0473. The van der Waals surface area contributed by atoms with E-state index in [2.05, 4.69) is 15.2 Å². The molecule has 41 heavy (non-hydrogen) atoms. The number of likely N-dealkylation sites (tertiary alicyclic amines) is 1. The second kappa shape index (κ2) is 10.8. The molecule has 216 valence electrons. The Kier molecular flexibility index (Phi) is 6.94. The largest absolute Gasteiger partial charge is 0.387 e. The van der Waals surface area contributed by atoms with Gasteiger partial charge in [0, 0.05) is 55.4 Å². The lowest BCUT2D eigenvalue weighted by Gasteiger charge is -2.33. The molecule has 4 aliphatic heterocycles. The van der Waals surface area contributed by atoms with Crippen LogP contribution in [-0.2, 0) is 17.8 Å². The number of piperidine rings is 1. The number of carbonyl (C=O) groups is 1. The molecular weight excluding hydrogens is 523 g/mol. The van der Waals surface area contributed by atoms with Gasteiger partial charge in [0.15, 0.2) is 5.82 Å². The van der Waals surface area contributed by atoms with Crippen molar-refractivity contribution < 1.29 is 14.3 Å². The van der Waals surface area contributed by atoms with Crippen molar-refractivity contribution in [3.63, 3.8) is 0 Å². The molecule has 1 unspecified atom stereocenters. The number of rotatable bonds is 6. The smallest absolute Gasteiger partial charge is 0.237 e. The van der Waals surface area contributed by atoms with Crippen LogP contribution >= 0.6 is 0 Å². The van der Waals surface area contributed by atoms with Gasteiger partial charge in [-0.15, -0.1) is 0 Å². The number of hydrogen-bond acceptors (Lipinski definition) is 9. The number of aliphatic hydroxyl groups excluding tert-OH is 1. The highest BCUT2D eigenvalue weighted by atomic mass is 19.1. The summed E-state index contributed by atoms with van der Waals surface area (Å²) in [7, 11) is 0. The highest BCUT2D eigenvalue weighted by molar-refractivity contribution is 5.90. The van der Waals surface area contributed by atoms with Gasteiger partial charge < -0.3 is 20.2 Å². The number of aromatic nitrogens is 4. The molecular formula is C30H37FN8O2. The number of alkyl halides is 1. The quantitative estimate of drug-likeness (QED) is 0.467. The molecule has 3 fully saturated rings. The number of halogens is 1. The monoisotopic (exact) mass is 560 g/mol. The fraction of sp³-hybridized carbons (Fsp3) is 0.567. The molecule has 2 atom stereocenters. The van der Waals surface area contributed by atoms with Gasteiger partial charge in [0.25, 0.3) is 0 Å². The number of carbonyl (C=O) groups excluding carboxylic acids is 1. The Morgan fingerprint density at radius 2 is 1.93 bits per heavy atom. The maximum Gasteiger partial charge on any atom is 0.237 e. The molecule has 0 radical (unpaired) electrons. The Balaban J connectivity index is 1.09. The summed E-state index contributed by atoms with van der Waals surface area (Å²) in [5.74, 6) is 1.99. The fourth-order valence-electron chi connectivity index (χ4n) is 7.00. The second-order valence-electron chi connectivity index (χ2n) is 12.0. The lowest BCUT2D eigenvalue weighted by atomic mass is 10.0. The summed E-state index contributed by atoms with van der Waals surface area (Å²) in [5.41, 5.74) is 3.40. The van der Waals surface area contributed by atoms with E-state index in [0.717, 1.165) is 40.9 Å². The van der Waals surface area contributed by atoms with Crippen LogP contribution in [-0.4, -0.2) is 85.2 Å². The van der Waals surface area contributed by atoms with Crippen LogP contribution in [0.3, 0.4) is 0 Å². The van der Waals surface area contributed by atoms with E-state index in [4.69, 9.17) is 15.0 Å². The van der Waals surface area contributed by atoms with Crippen LogP contribution in [0.4, 0.5) is 22.0 Å². The van der Waals surface area contributed by atoms with E-state index >= 15 is 0 Å². The Labute approximate surface area is 239 Å². The van der Waals surface area contributed by atoms with Gasteiger partial charge in [0.1, 0.15) is 17.5 Å². The average Bonchev–Trinajstić information content (AvgIpc) is 3.57. The molecule has 11 heteroatoms. The SMILES string of the molecule is C[C@@H](O)c1cc2cnc(Nc3ccc4c(n3)CCN(C(=O)CN3CCCC(F)C3)C4)nc2c(N2C3CCC2CC3)n1. The zero-order valence-corrected chi connectivity index (χ0v) is 23.5. The summed E-state index contributed by atoms with van der Waals surface area (Å²) in [4.78, 5) is 38.3. The summed E-state index contributed by atoms with van der Waals surface area (Å²) >= 11 is 0. The third-order valence-corrected chi connectivity index (χ3v) is 9.14. The maximum atomic E-state index is 13.8. The molecule has 0 aromatic carbocycles. The molecule has 1 amide bonds. The number of hydrogen-bond donors (Lipinski definition) is 2. The van der Waals surface area contributed by atoms with Crippen molar-refractivity contribution in [1.82, 2.24) is 29.7 Å². The van der Waals surface area contributed by atoms with Crippen molar-refractivity contribution in [2.75, 3.05) is 36.4 Å². The Morgan fingerprint density at radius 3 is 2.68 bits per heavy atom. The summed E-state index contributed by atoms with van der Waals surface area (Å²) in [6.07, 6.45) is 7.01. The van der Waals surface area contributed by atoms with Crippen LogP contribution in [0, 0.1) is 0 Å². The number of fused-ring (bicyclic) bond motifs is 4. The molecule has 10 nitrogen and oxygen atoms in total. The van der Waals surface area contributed by atoms with Gasteiger partial charge in [0.2, 0.25) is 11.9 Å². The summed E-state index contributed by atoms with van der Waals surface area (Å²) in [5, 5.41) is 14.4. The second-order valence-corrected chi connectivity index (χ2v) is 12.0. The molecule has 2 bridgehead atoms. The van der Waals surface area contributed by atoms with Gasteiger partial charge in [0.05, 0.1) is 18.3 Å². The van der Waals surface area contributed by atoms with Crippen LogP contribution in [0.2, 0.25) is 0 Å². The predicted octanol–water partition coefficient (Wildman–Crippen LogP) is 3.67. The van der Waals surface area contributed by atoms with Crippen LogP contribution in [0.15, 0.2) is 24.4 Å². The molecule has 7 heterocycles. The van der Waals surface area contributed by atoms with E-state index < -0.39 is 12.3 Å². The number of amides is 1. The first kappa shape index (κ1) is 26.5. The molecule has 0 saturated carbocycles. The Hall–Kier alpha value is -3.44. The third-order valence-electron chi connectivity index (χ3n) is 9.14. The molecule has 4 aliphatic rings. The lowest BCUT2D eigenvalue weighted by Crippen LogP contribution is -2.46. The zero-order valence-electron chi connectivity index (χ0n) is 23.5. The van der Waals surface area contributed by atoms with E-state index in [-0.39, 0.29) is 12.5 Å². The first-order valence-corrected chi connectivity index (χ1v) is 15.0. The third kappa shape index (κ3) is 5.21. The number of nitrogens with zero attached hydrogens (tertiary/aromatic N) is 7. The molecule has 3 aromatic rings. The normalized spacial score (nSPS) is 25.0. The minimum Gasteiger partial charge on any atom is -0.387 e. The van der Waals surface area contributed by atoms with Gasteiger partial charge in [-0.05, 0) is 69.7 Å². The molecule has 3 aromatic heterocycles. The maximum absolute atomic E-state index is 13.8. The number of aliphatic hydroxyl groups is 1. The van der Waals surface area contributed by atoms with Gasteiger partial charge in [-0.3, -0.25) is 9.69 Å². The minimum atomic E-state index is -0.833. The lowest BCUT2D eigenvalue weighted by molar-refractivity contribution is -0.133. The van der Waals surface area contributed by atoms with Crippen molar-refractivity contribution >= 4 is 34.4 Å². The van der Waals surface area contributed by atoms with Gasteiger partial charge in [-0.1, -0.05) is 6.07 Å². The highest BCUT2D eigenvalue weighted by Crippen LogP contribution is 2.42. The molecule has 0 aliphatic carbocycles. The van der Waals surface area contributed by atoms with Gasteiger partial charge in [-0.2, -0.15) is 0 Å². The number of nitrogens with one attached hydrogen (secondary N) is 1. The topological polar surface area (TPSA) is 111 Å². The fourth-order valence-corrected chi connectivity index (χ4v) is 7.00. The van der Waals surface area contributed by atoms with Crippen molar-refractivity contribution in [2.24, 2.45) is 0 Å². The Bertz CT molecular complexity index is 1450. The van der Waals surface area contributed by atoms with Gasteiger partial charge >= 0.3 is 0 Å². The molecule has 2 N–H and O–H groups in total. The van der Waals surface area contributed by atoms with Crippen molar-refractivity contribution in [3.8, 4) is 0 Å². The van der Waals surface area contributed by atoms with E-state index in [1.807, 2.05) is 28.0 Å².